The van der Waals surface area contributed by atoms with Crippen LogP contribution in [-0.4, -0.2) is 108 Å². The van der Waals surface area contributed by atoms with E-state index in [4.69, 9.17) is 4.79 Å². The zero-order chi connectivity index (χ0) is 47.6. The fourth-order valence-corrected chi connectivity index (χ4v) is 8.82. The maximum atomic E-state index is 13.7. The van der Waals surface area contributed by atoms with E-state index in [-0.39, 0.29) is 61.2 Å². The molecule has 4 aromatic rings. The van der Waals surface area contributed by atoms with Crippen LogP contribution < -0.4 is 0 Å². The first-order chi connectivity index (χ1) is 30.2. The molecule has 18 heteroatoms. The molecule has 8 nitrogen and oxygen atoms in total. The smallest absolute Gasteiger partial charge is 0.360 e. The third-order valence-electron chi connectivity index (χ3n) is 10.7. The van der Waals surface area contributed by atoms with E-state index in [0.717, 1.165) is 20.9 Å². The number of halogens is 9. The van der Waals surface area contributed by atoms with Crippen LogP contribution >= 0.6 is 0 Å². The standard InChI is InChI=1S/C19H19F3N2O2.C19H19F3N2O.C6H16Si.C2HF3O/c20-19(21,22)18(26)17(25)23(13-15-7-3-1-4-8-15)11-12-24(18)14-16-9-5-2-6-10-16;20-19(21,22)17-18(25)24(14-16-9-5-2-6-10-16)12-11-23(17)13-15-7-3-1-4-8-15;1-4-7(5-2)6-3;3-2(4,5)1-6/h1-10,26H,11-14H2;1-10,17H,11-14H2;7H,4-6H2,1-3H3;1H. The number of carbonyl (C=O) groups is 3. The molecule has 2 fully saturated rings. The van der Waals surface area contributed by atoms with Crippen LogP contribution in [0.1, 0.15) is 43.0 Å². The van der Waals surface area contributed by atoms with Gasteiger partial charge in [0.15, 0.2) is 6.04 Å². The second-order valence-electron chi connectivity index (χ2n) is 15.2. The molecule has 0 aromatic heterocycles. The Morgan fingerprint density at radius 1 is 0.578 bits per heavy atom. The van der Waals surface area contributed by atoms with Gasteiger partial charge >= 0.3 is 18.5 Å². The number of hydrogen-bond acceptors (Lipinski definition) is 6. The van der Waals surface area contributed by atoms with Gasteiger partial charge in [-0.25, -0.2) is 0 Å². The number of carbonyl (C=O) groups excluding carboxylic acids is 3. The van der Waals surface area contributed by atoms with Gasteiger partial charge in [-0.1, -0.05) is 160 Å². The molecule has 350 valence electrons. The molecule has 2 amide bonds. The quantitative estimate of drug-likeness (QED) is 0.0918. The van der Waals surface area contributed by atoms with Gasteiger partial charge < -0.3 is 14.9 Å². The summed E-state index contributed by atoms with van der Waals surface area (Å²) in [5, 5.41) is 10.5. The van der Waals surface area contributed by atoms with Crippen molar-refractivity contribution in [1.29, 1.82) is 0 Å². The van der Waals surface area contributed by atoms with E-state index in [1.807, 2.05) is 36.4 Å². The number of amides is 2. The van der Waals surface area contributed by atoms with Crippen LogP contribution in [-0.2, 0) is 40.6 Å². The van der Waals surface area contributed by atoms with Crippen molar-refractivity contribution < 1.29 is 59.0 Å². The molecule has 4 aromatic carbocycles. The number of rotatable bonds is 11. The number of alkyl halides is 9. The number of piperazine rings is 2. The lowest BCUT2D eigenvalue weighted by Crippen LogP contribution is -2.71. The van der Waals surface area contributed by atoms with Gasteiger partial charge in [0.2, 0.25) is 12.2 Å². The van der Waals surface area contributed by atoms with Gasteiger partial charge in [-0.05, 0) is 22.3 Å². The lowest BCUT2D eigenvalue weighted by atomic mass is 10.0. The topological polar surface area (TPSA) is 84.4 Å². The fourth-order valence-electron chi connectivity index (χ4n) is 7.09. The highest BCUT2D eigenvalue weighted by Crippen LogP contribution is 2.38. The molecular weight excluding hydrogens is 872 g/mol. The third kappa shape index (κ3) is 16.2. The molecule has 2 aliphatic heterocycles. The minimum Gasteiger partial charge on any atom is -0.360 e. The van der Waals surface area contributed by atoms with Crippen molar-refractivity contribution in [2.75, 3.05) is 26.2 Å². The van der Waals surface area contributed by atoms with Crippen molar-refractivity contribution in [1.82, 2.24) is 19.6 Å². The first-order valence-electron chi connectivity index (χ1n) is 20.8. The average molecular weight is 927 g/mol. The van der Waals surface area contributed by atoms with Crippen molar-refractivity contribution in [3.63, 3.8) is 0 Å². The molecule has 0 bridgehead atoms. The molecule has 2 heterocycles. The molecule has 64 heavy (non-hydrogen) atoms. The molecule has 1 N–H and O–H groups in total. The molecule has 0 spiro atoms. The van der Waals surface area contributed by atoms with Crippen LogP contribution in [0.2, 0.25) is 18.1 Å². The Bertz CT molecular complexity index is 1970. The monoisotopic (exact) mass is 926 g/mol. The molecule has 0 saturated carbocycles. The van der Waals surface area contributed by atoms with Crippen LogP contribution in [0.3, 0.4) is 0 Å². The van der Waals surface area contributed by atoms with Gasteiger partial charge in [-0.2, -0.15) is 39.5 Å². The summed E-state index contributed by atoms with van der Waals surface area (Å²) in [4.78, 5) is 38.2. The summed E-state index contributed by atoms with van der Waals surface area (Å²) in [6.45, 7) is 7.64. The van der Waals surface area contributed by atoms with Crippen LogP contribution in [0, 0.1) is 0 Å². The van der Waals surface area contributed by atoms with Crippen LogP contribution in [0.4, 0.5) is 39.5 Å². The second kappa shape index (κ2) is 24.9. The van der Waals surface area contributed by atoms with Gasteiger partial charge in [0.25, 0.3) is 11.6 Å². The number of benzene rings is 4. The van der Waals surface area contributed by atoms with E-state index in [2.05, 4.69) is 20.8 Å². The van der Waals surface area contributed by atoms with Crippen LogP contribution in [0.15, 0.2) is 121 Å². The highest BCUT2D eigenvalue weighted by molar-refractivity contribution is 6.58. The molecule has 0 radical (unpaired) electrons. The fraction of sp³-hybridized carbons (Fsp3) is 0.413. The lowest BCUT2D eigenvalue weighted by molar-refractivity contribution is -0.313. The highest BCUT2D eigenvalue weighted by Gasteiger charge is 2.66. The molecule has 6 rings (SSSR count). The van der Waals surface area contributed by atoms with Gasteiger partial charge in [0, 0.05) is 61.2 Å². The summed E-state index contributed by atoms with van der Waals surface area (Å²) in [5.41, 5.74) is -0.633. The zero-order valence-electron chi connectivity index (χ0n) is 35.9. The largest absolute Gasteiger partial charge is 0.446 e. The van der Waals surface area contributed by atoms with E-state index in [9.17, 15) is 54.2 Å². The Hall–Kier alpha value is -5.04. The van der Waals surface area contributed by atoms with Gasteiger partial charge in [-0.15, -0.1) is 0 Å². The summed E-state index contributed by atoms with van der Waals surface area (Å²) >= 11 is 0. The molecule has 2 aliphatic rings. The maximum Gasteiger partial charge on any atom is 0.446 e. The maximum absolute atomic E-state index is 13.7. The minimum absolute atomic E-state index is 0.0250. The first-order valence-corrected chi connectivity index (χ1v) is 23.2. The predicted molar refractivity (Wildman–Crippen MR) is 229 cm³/mol. The van der Waals surface area contributed by atoms with Crippen LogP contribution in [0.25, 0.3) is 0 Å². The van der Waals surface area contributed by atoms with E-state index < -0.39 is 48.4 Å². The number of hydrogen-bond donors (Lipinski definition) is 1. The summed E-state index contributed by atoms with van der Waals surface area (Å²) in [6, 6.07) is 37.6. The Labute approximate surface area is 369 Å². The normalized spacial score (nSPS) is 18.6. The predicted octanol–water partition coefficient (Wildman–Crippen LogP) is 9.26. The average Bonchev–Trinajstić information content (AvgIpc) is 3.26. The molecule has 0 aliphatic carbocycles. The van der Waals surface area contributed by atoms with Crippen molar-refractivity contribution in [3.8, 4) is 0 Å². The third-order valence-corrected chi connectivity index (χ3v) is 14.2. The van der Waals surface area contributed by atoms with E-state index in [1.165, 1.54) is 27.9 Å². The molecule has 2 atom stereocenters. The van der Waals surface area contributed by atoms with E-state index in [0.29, 0.717) is 11.1 Å². The minimum atomic E-state index is -5.10. The Balaban J connectivity index is 0.000000267. The van der Waals surface area contributed by atoms with Gasteiger partial charge in [0.1, 0.15) is 0 Å². The Morgan fingerprint density at radius 3 is 1.28 bits per heavy atom. The van der Waals surface area contributed by atoms with Crippen molar-refractivity contribution in [3.05, 3.63) is 144 Å². The summed E-state index contributed by atoms with van der Waals surface area (Å²) in [5.74, 6) is -2.21. The second-order valence-corrected chi connectivity index (χ2v) is 19.4. The van der Waals surface area contributed by atoms with E-state index in [1.54, 1.807) is 84.9 Å². The highest BCUT2D eigenvalue weighted by atomic mass is 28.3. The molecule has 2 saturated heterocycles. The lowest BCUT2D eigenvalue weighted by Gasteiger charge is -2.46. The SMILES string of the molecule is CC[SiH](CC)CC.O=C1C(C(F)(F)F)N(Cc2ccccc2)CCN1Cc1ccccc1.O=C1N(Cc2ccccc2)CCN(Cc2ccccc2)C1(O)C(F)(F)F.O=CC(F)(F)F. The van der Waals surface area contributed by atoms with E-state index >= 15 is 0 Å². The van der Waals surface area contributed by atoms with Gasteiger partial charge in [-0.3, -0.25) is 24.2 Å². The number of aliphatic hydroxyl groups is 1. The number of nitrogens with zero attached hydrogens (tertiary/aromatic N) is 4. The summed E-state index contributed by atoms with van der Waals surface area (Å²) in [6.07, 6.45) is -15.4. The number of aldehydes is 1. The molecular formula is C46H55F9N4O4Si. The summed E-state index contributed by atoms with van der Waals surface area (Å²) in [7, 11) is -0.171. The van der Waals surface area contributed by atoms with Crippen molar-refractivity contribution >= 4 is 26.9 Å². The van der Waals surface area contributed by atoms with Crippen LogP contribution in [0.5, 0.6) is 0 Å². The van der Waals surface area contributed by atoms with Gasteiger partial charge in [0.05, 0.1) is 0 Å². The molecule has 2 unspecified atom stereocenters. The Morgan fingerprint density at radius 2 is 0.938 bits per heavy atom. The van der Waals surface area contributed by atoms with Crippen molar-refractivity contribution in [2.24, 2.45) is 0 Å². The Kier molecular flexibility index (Phi) is 20.7. The summed E-state index contributed by atoms with van der Waals surface area (Å²) < 4.78 is 113. The zero-order valence-corrected chi connectivity index (χ0v) is 37.1. The van der Waals surface area contributed by atoms with Crippen molar-refractivity contribution in [2.45, 2.75) is 95.4 Å². The first kappa shape index (κ1) is 53.3.